The van der Waals surface area contributed by atoms with Gasteiger partial charge < -0.3 is 11.1 Å². The van der Waals surface area contributed by atoms with E-state index in [1.54, 1.807) is 6.20 Å². The number of nitrogens with zero attached hydrogens (tertiary/aromatic N) is 2. The Morgan fingerprint density at radius 3 is 2.43 bits per heavy atom. The van der Waals surface area contributed by atoms with Gasteiger partial charge in [-0.1, -0.05) is 43.5 Å². The third-order valence-electron chi connectivity index (χ3n) is 5.53. The number of hydrogen-bond acceptors (Lipinski definition) is 4. The highest BCUT2D eigenvalue weighted by atomic mass is 127. The molecule has 3 N–H and O–H groups in total. The molecule has 0 bridgehead atoms. The molecule has 1 aromatic heterocycles. The van der Waals surface area contributed by atoms with Crippen molar-refractivity contribution < 1.29 is 4.79 Å². The molecule has 6 heteroatoms. The van der Waals surface area contributed by atoms with Crippen LogP contribution in [0.25, 0.3) is 11.3 Å². The smallest absolute Gasteiger partial charge is 0.229 e. The number of aromatic nitrogens is 2. The van der Waals surface area contributed by atoms with Gasteiger partial charge in [-0.15, -0.1) is 0 Å². The summed E-state index contributed by atoms with van der Waals surface area (Å²) in [5, 5.41) is 3.02. The zero-order valence-corrected chi connectivity index (χ0v) is 18.9. The molecule has 1 heterocycles. The number of rotatable bonds is 5. The molecule has 0 spiro atoms. The van der Waals surface area contributed by atoms with Gasteiger partial charge in [0.25, 0.3) is 0 Å². The first kappa shape index (κ1) is 20.8. The Kier molecular flexibility index (Phi) is 6.62. The normalized spacial score (nSPS) is 14.4. The van der Waals surface area contributed by atoms with Gasteiger partial charge in [-0.25, -0.2) is 9.97 Å². The minimum Gasteiger partial charge on any atom is -0.399 e. The molecule has 1 amide bonds. The fourth-order valence-corrected chi connectivity index (χ4v) is 4.28. The number of amides is 1. The van der Waals surface area contributed by atoms with Gasteiger partial charge >= 0.3 is 0 Å². The summed E-state index contributed by atoms with van der Waals surface area (Å²) in [7, 11) is 0. The van der Waals surface area contributed by atoms with Gasteiger partial charge in [-0.3, -0.25) is 4.79 Å². The van der Waals surface area contributed by atoms with Gasteiger partial charge in [-0.05, 0) is 65.3 Å². The lowest BCUT2D eigenvalue weighted by molar-refractivity contribution is -0.115. The average molecular weight is 512 g/mol. The van der Waals surface area contributed by atoms with E-state index in [1.807, 2.05) is 48.5 Å². The second-order valence-electron chi connectivity index (χ2n) is 7.80. The van der Waals surface area contributed by atoms with Gasteiger partial charge in [-0.2, -0.15) is 0 Å². The number of anilines is 2. The van der Waals surface area contributed by atoms with Crippen molar-refractivity contribution in [2.24, 2.45) is 0 Å². The number of halogens is 1. The highest BCUT2D eigenvalue weighted by Crippen LogP contribution is 2.35. The molecule has 1 saturated carbocycles. The Labute approximate surface area is 190 Å². The third-order valence-corrected chi connectivity index (χ3v) is 6.25. The summed E-state index contributed by atoms with van der Waals surface area (Å²) in [6, 6.07) is 15.6. The van der Waals surface area contributed by atoms with Crippen LogP contribution < -0.4 is 11.1 Å². The topological polar surface area (TPSA) is 80.9 Å². The van der Waals surface area contributed by atoms with Crippen LogP contribution in [0.1, 0.15) is 49.3 Å². The van der Waals surface area contributed by atoms with Gasteiger partial charge in [0.1, 0.15) is 0 Å². The van der Waals surface area contributed by atoms with E-state index in [0.29, 0.717) is 18.2 Å². The quantitative estimate of drug-likeness (QED) is 0.347. The van der Waals surface area contributed by atoms with Crippen molar-refractivity contribution in [2.45, 2.75) is 44.4 Å². The number of nitrogens with one attached hydrogen (secondary N) is 1. The predicted molar refractivity (Wildman–Crippen MR) is 129 cm³/mol. The minimum absolute atomic E-state index is 0.0668. The molecule has 0 unspecified atom stereocenters. The molecule has 0 atom stereocenters. The fraction of sp³-hybridized carbons (Fsp3) is 0.292. The molecule has 1 aliphatic carbocycles. The van der Waals surface area contributed by atoms with Gasteiger partial charge in [0, 0.05) is 20.7 Å². The number of nitrogens with two attached hydrogens (primary N) is 1. The Bertz CT molecular complexity index is 1010. The van der Waals surface area contributed by atoms with Gasteiger partial charge in [0.05, 0.1) is 24.0 Å². The van der Waals surface area contributed by atoms with Crippen LogP contribution in [-0.4, -0.2) is 15.9 Å². The van der Waals surface area contributed by atoms with Crippen molar-refractivity contribution in [1.82, 2.24) is 9.97 Å². The van der Waals surface area contributed by atoms with Crippen molar-refractivity contribution in [1.29, 1.82) is 0 Å². The summed E-state index contributed by atoms with van der Waals surface area (Å²) < 4.78 is 1.15. The van der Waals surface area contributed by atoms with Crippen molar-refractivity contribution >= 4 is 40.0 Å². The Balaban J connectivity index is 1.59. The van der Waals surface area contributed by atoms with Crippen LogP contribution in [0.4, 0.5) is 11.5 Å². The lowest BCUT2D eigenvalue weighted by Gasteiger charge is -2.23. The Morgan fingerprint density at radius 1 is 1.03 bits per heavy atom. The van der Waals surface area contributed by atoms with Crippen LogP contribution >= 0.6 is 22.6 Å². The average Bonchev–Trinajstić information content (AvgIpc) is 2.77. The standard InChI is InChI=1S/C24H25IN4O/c25-19-10-6-16(7-11-19)14-22(30)29-24-23(18-4-2-1-3-5-18)28-21(15-27-24)17-8-12-20(26)13-9-17/h6-13,15,18H,1-5,14,26H2,(H,27,29,30). The van der Waals surface area contributed by atoms with E-state index in [2.05, 4.69) is 32.9 Å². The molecule has 1 fully saturated rings. The van der Waals surface area contributed by atoms with E-state index in [1.165, 1.54) is 19.3 Å². The van der Waals surface area contributed by atoms with Gasteiger partial charge in [0.15, 0.2) is 5.82 Å². The SMILES string of the molecule is Nc1ccc(-c2cnc(NC(=O)Cc3ccc(I)cc3)c(C3CCCCC3)n2)cc1. The van der Waals surface area contributed by atoms with E-state index in [-0.39, 0.29) is 5.91 Å². The molecular weight excluding hydrogens is 487 g/mol. The predicted octanol–water partition coefficient (Wildman–Crippen LogP) is 5.56. The highest BCUT2D eigenvalue weighted by molar-refractivity contribution is 14.1. The summed E-state index contributed by atoms with van der Waals surface area (Å²) in [4.78, 5) is 22.3. The summed E-state index contributed by atoms with van der Waals surface area (Å²) in [5.41, 5.74) is 10.2. The van der Waals surface area contributed by atoms with Crippen LogP contribution in [0.2, 0.25) is 0 Å². The maximum absolute atomic E-state index is 12.7. The number of carbonyl (C=O) groups excluding carboxylic acids is 1. The number of benzene rings is 2. The van der Waals surface area contributed by atoms with E-state index >= 15 is 0 Å². The molecule has 0 radical (unpaired) electrons. The summed E-state index contributed by atoms with van der Waals surface area (Å²) in [6.07, 6.45) is 7.86. The van der Waals surface area contributed by atoms with Crippen LogP contribution in [-0.2, 0) is 11.2 Å². The number of carbonyl (C=O) groups is 1. The first-order valence-electron chi connectivity index (χ1n) is 10.4. The maximum atomic E-state index is 12.7. The number of nitrogen functional groups attached to an aromatic ring is 1. The summed E-state index contributed by atoms with van der Waals surface area (Å²) in [6.45, 7) is 0. The molecule has 4 rings (SSSR count). The number of hydrogen-bond donors (Lipinski definition) is 2. The molecule has 154 valence electrons. The zero-order chi connectivity index (χ0) is 20.9. The maximum Gasteiger partial charge on any atom is 0.229 e. The van der Waals surface area contributed by atoms with E-state index in [4.69, 9.17) is 10.7 Å². The molecular formula is C24H25IN4O. The summed E-state index contributed by atoms with van der Waals surface area (Å²) in [5.74, 6) is 0.855. The monoisotopic (exact) mass is 512 g/mol. The third kappa shape index (κ3) is 5.16. The Hall–Kier alpha value is -2.48. The lowest BCUT2D eigenvalue weighted by atomic mass is 9.86. The van der Waals surface area contributed by atoms with Crippen LogP contribution in [0.3, 0.4) is 0 Å². The van der Waals surface area contributed by atoms with Crippen LogP contribution in [0.5, 0.6) is 0 Å². The minimum atomic E-state index is -0.0668. The molecule has 2 aromatic carbocycles. The molecule has 0 saturated heterocycles. The van der Waals surface area contributed by atoms with E-state index in [0.717, 1.165) is 44.6 Å². The second kappa shape index (κ2) is 9.55. The van der Waals surface area contributed by atoms with Crippen molar-refractivity contribution in [3.05, 3.63) is 69.6 Å². The first-order chi connectivity index (χ1) is 14.6. The zero-order valence-electron chi connectivity index (χ0n) is 16.8. The van der Waals surface area contributed by atoms with E-state index in [9.17, 15) is 4.79 Å². The van der Waals surface area contributed by atoms with Crippen LogP contribution in [0.15, 0.2) is 54.7 Å². The second-order valence-corrected chi connectivity index (χ2v) is 9.04. The van der Waals surface area contributed by atoms with Crippen molar-refractivity contribution in [2.75, 3.05) is 11.1 Å². The highest BCUT2D eigenvalue weighted by Gasteiger charge is 2.23. The van der Waals surface area contributed by atoms with Crippen molar-refractivity contribution in [3.63, 3.8) is 0 Å². The lowest BCUT2D eigenvalue weighted by Crippen LogP contribution is -2.19. The Morgan fingerprint density at radius 2 is 1.73 bits per heavy atom. The summed E-state index contributed by atoms with van der Waals surface area (Å²) >= 11 is 2.26. The fourth-order valence-electron chi connectivity index (χ4n) is 3.92. The van der Waals surface area contributed by atoms with Crippen molar-refractivity contribution in [3.8, 4) is 11.3 Å². The molecule has 30 heavy (non-hydrogen) atoms. The molecule has 0 aliphatic heterocycles. The molecule has 5 nitrogen and oxygen atoms in total. The van der Waals surface area contributed by atoms with E-state index < -0.39 is 0 Å². The molecule has 3 aromatic rings. The van der Waals surface area contributed by atoms with Crippen LogP contribution in [0, 0.1) is 3.57 Å². The molecule has 1 aliphatic rings. The van der Waals surface area contributed by atoms with Gasteiger partial charge in [0.2, 0.25) is 5.91 Å². The largest absolute Gasteiger partial charge is 0.399 e. The first-order valence-corrected chi connectivity index (χ1v) is 11.4.